The molecule has 3 rings (SSSR count). The molecule has 2 aromatic carbocycles. The van der Waals surface area contributed by atoms with Crippen molar-refractivity contribution >= 4 is 29.6 Å². The Morgan fingerprint density at radius 2 is 1.66 bits per heavy atom. The second-order valence-corrected chi connectivity index (χ2v) is 8.96. The summed E-state index contributed by atoms with van der Waals surface area (Å²) in [5, 5.41) is 0.614. The van der Waals surface area contributed by atoms with Gasteiger partial charge < -0.3 is 18.9 Å². The lowest BCUT2D eigenvalue weighted by molar-refractivity contribution is -0.261. The van der Waals surface area contributed by atoms with Crippen LogP contribution < -0.4 is 9.47 Å². The van der Waals surface area contributed by atoms with E-state index in [0.29, 0.717) is 28.7 Å². The number of hydrogen-bond acceptors (Lipinski definition) is 6. The van der Waals surface area contributed by atoms with Crippen LogP contribution in [-0.2, 0) is 25.7 Å². The maximum atomic E-state index is 12.6. The zero-order valence-electron chi connectivity index (χ0n) is 18.9. The van der Waals surface area contributed by atoms with Gasteiger partial charge in [-0.15, -0.1) is 0 Å². The van der Waals surface area contributed by atoms with Gasteiger partial charge in [0.15, 0.2) is 11.5 Å². The molecular weight excluding hydrogens is 432 g/mol. The van der Waals surface area contributed by atoms with E-state index in [0.717, 1.165) is 5.56 Å². The number of cyclic esters (lactones) is 2. The predicted octanol–water partition coefficient (Wildman–Crippen LogP) is 5.56. The molecule has 1 heterocycles. The minimum Gasteiger partial charge on any atom is -0.490 e. The third-order valence-electron chi connectivity index (χ3n) is 5.30. The van der Waals surface area contributed by atoms with Crippen LogP contribution in [-0.4, -0.2) is 24.3 Å². The highest BCUT2D eigenvalue weighted by atomic mass is 35.5. The summed E-state index contributed by atoms with van der Waals surface area (Å²) in [5.74, 6) is -1.80. The predicted molar refractivity (Wildman–Crippen MR) is 121 cm³/mol. The molecule has 1 aliphatic rings. The highest BCUT2D eigenvalue weighted by molar-refractivity contribution is 6.31. The van der Waals surface area contributed by atoms with Gasteiger partial charge in [0, 0.05) is 22.9 Å². The maximum Gasteiger partial charge on any atom is 0.348 e. The Bertz CT molecular complexity index is 1030. The van der Waals surface area contributed by atoms with Crippen LogP contribution in [0.1, 0.15) is 45.7 Å². The topological polar surface area (TPSA) is 71.1 Å². The van der Waals surface area contributed by atoms with E-state index in [1.807, 2.05) is 45.9 Å². The van der Waals surface area contributed by atoms with Crippen molar-refractivity contribution in [2.75, 3.05) is 6.61 Å². The van der Waals surface area contributed by atoms with E-state index in [1.54, 1.807) is 31.2 Å². The standard InChI is InChI=1S/C25H27ClO6/c1-6-29-21-14-16(11-12-20(21)30-15-17-9-7-8-10-19(17)26)13-18-22(27)31-25(5,24(2,3)4)32-23(18)28/h7-14H,6,15H2,1-5H3. The van der Waals surface area contributed by atoms with E-state index in [1.165, 1.54) is 6.08 Å². The van der Waals surface area contributed by atoms with E-state index in [-0.39, 0.29) is 12.2 Å². The van der Waals surface area contributed by atoms with E-state index in [2.05, 4.69) is 0 Å². The van der Waals surface area contributed by atoms with Crippen LogP contribution in [0, 0.1) is 5.41 Å². The first kappa shape index (κ1) is 23.7. The van der Waals surface area contributed by atoms with Crippen LogP contribution in [0.2, 0.25) is 5.02 Å². The Labute approximate surface area is 193 Å². The third-order valence-corrected chi connectivity index (χ3v) is 5.67. The molecule has 0 bridgehead atoms. The number of ether oxygens (including phenoxy) is 4. The summed E-state index contributed by atoms with van der Waals surface area (Å²) in [6.07, 6.45) is 1.42. The number of carbonyl (C=O) groups excluding carboxylic acids is 2. The lowest BCUT2D eigenvalue weighted by atomic mass is 9.85. The minimum absolute atomic E-state index is 0.182. The Kier molecular flexibility index (Phi) is 6.84. The molecular formula is C25H27ClO6. The molecule has 0 N–H and O–H groups in total. The molecule has 0 aliphatic carbocycles. The van der Waals surface area contributed by atoms with Gasteiger partial charge in [0.25, 0.3) is 5.79 Å². The fourth-order valence-corrected chi connectivity index (χ4v) is 3.12. The summed E-state index contributed by atoms with van der Waals surface area (Å²) in [4.78, 5) is 25.2. The average Bonchev–Trinajstić information content (AvgIpc) is 2.70. The van der Waals surface area contributed by atoms with Gasteiger partial charge in [-0.2, -0.15) is 0 Å². The molecule has 6 nitrogen and oxygen atoms in total. The molecule has 0 amide bonds. The number of esters is 2. The molecule has 0 spiro atoms. The summed E-state index contributed by atoms with van der Waals surface area (Å²) in [5.41, 5.74) is 0.658. The quantitative estimate of drug-likeness (QED) is 0.320. The molecule has 1 aliphatic heterocycles. The SMILES string of the molecule is CCOc1cc(C=C2C(=O)OC(C)(C(C)(C)C)OC2=O)ccc1OCc1ccccc1Cl. The maximum absolute atomic E-state index is 12.6. The normalized spacial score (nSPS) is 18.6. The largest absolute Gasteiger partial charge is 0.490 e. The average molecular weight is 459 g/mol. The van der Waals surface area contributed by atoms with E-state index in [4.69, 9.17) is 30.5 Å². The van der Waals surface area contributed by atoms with Gasteiger partial charge in [0.05, 0.1) is 6.61 Å². The Morgan fingerprint density at radius 3 is 2.25 bits per heavy atom. The monoisotopic (exact) mass is 458 g/mol. The fourth-order valence-electron chi connectivity index (χ4n) is 2.93. The van der Waals surface area contributed by atoms with Crippen molar-refractivity contribution in [2.45, 2.75) is 47.0 Å². The van der Waals surface area contributed by atoms with Crippen LogP contribution in [0.15, 0.2) is 48.0 Å². The van der Waals surface area contributed by atoms with Crippen LogP contribution >= 0.6 is 11.6 Å². The van der Waals surface area contributed by atoms with Gasteiger partial charge in [0.1, 0.15) is 12.2 Å². The Hall–Kier alpha value is -2.99. The van der Waals surface area contributed by atoms with Gasteiger partial charge >= 0.3 is 11.9 Å². The van der Waals surface area contributed by atoms with Crippen molar-refractivity contribution < 1.29 is 28.5 Å². The van der Waals surface area contributed by atoms with Crippen LogP contribution in [0.5, 0.6) is 11.5 Å². The molecule has 0 radical (unpaired) electrons. The van der Waals surface area contributed by atoms with Gasteiger partial charge in [0.2, 0.25) is 0 Å². The number of hydrogen-bond donors (Lipinski definition) is 0. The number of halogens is 1. The molecule has 1 saturated heterocycles. The number of rotatable bonds is 6. The highest BCUT2D eigenvalue weighted by Crippen LogP contribution is 2.39. The lowest BCUT2D eigenvalue weighted by Crippen LogP contribution is -2.52. The second-order valence-electron chi connectivity index (χ2n) is 8.55. The molecule has 170 valence electrons. The summed E-state index contributed by atoms with van der Waals surface area (Å²) in [6.45, 7) is 9.61. The van der Waals surface area contributed by atoms with Crippen molar-refractivity contribution in [1.29, 1.82) is 0 Å². The lowest BCUT2D eigenvalue weighted by Gasteiger charge is -2.42. The van der Waals surface area contributed by atoms with Crippen LogP contribution in [0.25, 0.3) is 6.08 Å². The number of carbonyl (C=O) groups is 2. The number of benzene rings is 2. The first-order valence-electron chi connectivity index (χ1n) is 10.4. The van der Waals surface area contributed by atoms with Gasteiger partial charge in [-0.05, 0) is 36.8 Å². The van der Waals surface area contributed by atoms with Crippen LogP contribution in [0.3, 0.4) is 0 Å². The summed E-state index contributed by atoms with van der Waals surface area (Å²) < 4.78 is 22.5. The molecule has 0 atom stereocenters. The second kappa shape index (κ2) is 9.25. The Balaban J connectivity index is 1.84. The van der Waals surface area contributed by atoms with Crippen molar-refractivity contribution in [3.8, 4) is 11.5 Å². The molecule has 0 saturated carbocycles. The van der Waals surface area contributed by atoms with Crippen molar-refractivity contribution in [2.24, 2.45) is 5.41 Å². The summed E-state index contributed by atoms with van der Waals surface area (Å²) in [7, 11) is 0. The smallest absolute Gasteiger partial charge is 0.348 e. The summed E-state index contributed by atoms with van der Waals surface area (Å²) in [6, 6.07) is 12.5. The van der Waals surface area contributed by atoms with Crippen molar-refractivity contribution in [1.82, 2.24) is 0 Å². The van der Waals surface area contributed by atoms with E-state index >= 15 is 0 Å². The highest BCUT2D eigenvalue weighted by Gasteiger charge is 2.50. The Morgan fingerprint density at radius 1 is 1.00 bits per heavy atom. The van der Waals surface area contributed by atoms with E-state index in [9.17, 15) is 9.59 Å². The van der Waals surface area contributed by atoms with Gasteiger partial charge in [-0.3, -0.25) is 0 Å². The molecule has 0 aromatic heterocycles. The van der Waals surface area contributed by atoms with Gasteiger partial charge in [-0.25, -0.2) is 9.59 Å². The third kappa shape index (κ3) is 5.07. The van der Waals surface area contributed by atoms with Gasteiger partial charge in [-0.1, -0.05) is 56.6 Å². The molecule has 2 aromatic rings. The zero-order valence-corrected chi connectivity index (χ0v) is 19.6. The molecule has 32 heavy (non-hydrogen) atoms. The first-order valence-corrected chi connectivity index (χ1v) is 10.7. The molecule has 1 fully saturated rings. The van der Waals surface area contributed by atoms with E-state index < -0.39 is 23.1 Å². The minimum atomic E-state index is -1.34. The molecule has 0 unspecified atom stereocenters. The fraction of sp³-hybridized carbons (Fsp3) is 0.360. The zero-order chi connectivity index (χ0) is 23.5. The van der Waals surface area contributed by atoms with Crippen molar-refractivity contribution in [3.05, 3.63) is 64.2 Å². The molecule has 7 heteroatoms. The van der Waals surface area contributed by atoms with Crippen LogP contribution in [0.4, 0.5) is 0 Å². The first-order chi connectivity index (χ1) is 15.0. The van der Waals surface area contributed by atoms with Crippen molar-refractivity contribution in [3.63, 3.8) is 0 Å². The summed E-state index contributed by atoms with van der Waals surface area (Å²) >= 11 is 6.19.